The number of likely N-dealkylation sites (tertiary alicyclic amines) is 1. The van der Waals surface area contributed by atoms with Gasteiger partial charge < -0.3 is 26.0 Å². The lowest BCUT2D eigenvalue weighted by Gasteiger charge is -2.35. The molecule has 2 aliphatic heterocycles. The summed E-state index contributed by atoms with van der Waals surface area (Å²) < 4.78 is 0. The molecule has 0 aliphatic carbocycles. The highest BCUT2D eigenvalue weighted by Gasteiger charge is 2.38. The van der Waals surface area contributed by atoms with Crippen molar-refractivity contribution in [3.8, 4) is 0 Å². The van der Waals surface area contributed by atoms with E-state index < -0.39 is 7.12 Å². The number of hydrogen-bond acceptors (Lipinski definition) is 5. The maximum Gasteiger partial charge on any atom is 0.459 e. The van der Waals surface area contributed by atoms with Crippen molar-refractivity contribution < 1.29 is 14.8 Å². The van der Waals surface area contributed by atoms with Gasteiger partial charge in [-0.05, 0) is 66.0 Å². The summed E-state index contributed by atoms with van der Waals surface area (Å²) in [4.78, 5) is 15.3. The number of rotatable bonds is 7. The summed E-state index contributed by atoms with van der Waals surface area (Å²) in [6, 6.07) is 14.1. The Kier molecular flexibility index (Phi) is 7.73. The summed E-state index contributed by atoms with van der Waals surface area (Å²) in [5.41, 5.74) is 10.6. The summed E-state index contributed by atoms with van der Waals surface area (Å²) in [5.74, 6) is 0.235. The Bertz CT molecular complexity index is 960. The number of nitrogens with one attached hydrogen (secondary N) is 1. The molecule has 2 heterocycles. The van der Waals surface area contributed by atoms with E-state index in [0.29, 0.717) is 18.0 Å². The summed E-state index contributed by atoms with van der Waals surface area (Å²) in [7, 11) is -1.43. The van der Waals surface area contributed by atoms with Crippen molar-refractivity contribution >= 4 is 18.7 Å². The number of unbranched alkanes of at least 4 members (excludes halogenated alkanes) is 1. The van der Waals surface area contributed by atoms with Crippen LogP contribution in [0.25, 0.3) is 0 Å². The van der Waals surface area contributed by atoms with Crippen LogP contribution in [0.2, 0.25) is 0 Å². The topological polar surface area (TPSA) is 98.8 Å². The zero-order valence-corrected chi connectivity index (χ0v) is 19.5. The third kappa shape index (κ3) is 5.26. The van der Waals surface area contributed by atoms with Crippen LogP contribution in [0, 0.1) is 5.92 Å². The van der Waals surface area contributed by atoms with Gasteiger partial charge in [0, 0.05) is 43.2 Å². The Morgan fingerprint density at radius 1 is 1.18 bits per heavy atom. The lowest BCUT2D eigenvalue weighted by molar-refractivity contribution is 0.0712. The highest BCUT2D eigenvalue weighted by molar-refractivity contribution is 6.43. The molecule has 1 saturated heterocycles. The fraction of sp³-hybridized carbons (Fsp3) is 0.500. The van der Waals surface area contributed by atoms with Gasteiger partial charge in [0.15, 0.2) is 0 Å². The van der Waals surface area contributed by atoms with E-state index >= 15 is 0 Å². The van der Waals surface area contributed by atoms with Gasteiger partial charge in [-0.3, -0.25) is 4.79 Å². The number of benzene rings is 2. The third-order valence-corrected chi connectivity index (χ3v) is 7.41. The van der Waals surface area contributed by atoms with Crippen molar-refractivity contribution in [3.05, 3.63) is 64.7 Å². The molecule has 0 spiro atoms. The predicted molar refractivity (Wildman–Crippen MR) is 133 cm³/mol. The first-order valence-corrected chi connectivity index (χ1v) is 12.3. The van der Waals surface area contributed by atoms with Crippen LogP contribution in [0.3, 0.4) is 0 Å². The molecule has 33 heavy (non-hydrogen) atoms. The molecule has 0 saturated carbocycles. The van der Waals surface area contributed by atoms with Gasteiger partial charge in [-0.2, -0.15) is 0 Å². The maximum atomic E-state index is 13.3. The molecule has 5 N–H and O–H groups in total. The van der Waals surface area contributed by atoms with E-state index in [0.717, 1.165) is 68.6 Å². The SMILES string of the molecule is CCCCC1CNc2ccc(C(=O)N3CCC(c4cccc(CN)c4)CC3)cc2C1B(O)O. The predicted octanol–water partition coefficient (Wildman–Crippen LogP) is 3.49. The molecule has 4 rings (SSSR count). The minimum Gasteiger partial charge on any atom is -0.427 e. The quantitative estimate of drug-likeness (QED) is 0.485. The first-order valence-electron chi connectivity index (χ1n) is 12.3. The Balaban J connectivity index is 1.47. The Morgan fingerprint density at radius 3 is 2.67 bits per heavy atom. The first kappa shape index (κ1) is 23.8. The number of piperidine rings is 1. The van der Waals surface area contributed by atoms with Crippen LogP contribution in [-0.4, -0.2) is 47.6 Å². The highest BCUT2D eigenvalue weighted by Crippen LogP contribution is 2.39. The minimum atomic E-state index is -1.43. The largest absolute Gasteiger partial charge is 0.459 e. The van der Waals surface area contributed by atoms with E-state index in [2.05, 4.69) is 36.5 Å². The van der Waals surface area contributed by atoms with Crippen LogP contribution in [0.1, 0.15) is 77.8 Å². The zero-order chi connectivity index (χ0) is 23.4. The van der Waals surface area contributed by atoms with Crippen molar-refractivity contribution in [2.75, 3.05) is 25.0 Å². The lowest BCUT2D eigenvalue weighted by atomic mass is 9.59. The fourth-order valence-electron chi connectivity index (χ4n) is 5.48. The fourth-order valence-corrected chi connectivity index (χ4v) is 5.48. The van der Waals surface area contributed by atoms with E-state index in [4.69, 9.17) is 5.73 Å². The molecule has 2 aromatic rings. The number of fused-ring (bicyclic) bond motifs is 1. The average molecular weight is 449 g/mol. The summed E-state index contributed by atoms with van der Waals surface area (Å²) in [6.45, 7) is 4.85. The second-order valence-corrected chi connectivity index (χ2v) is 9.54. The maximum absolute atomic E-state index is 13.3. The number of nitrogens with two attached hydrogens (primary N) is 1. The van der Waals surface area contributed by atoms with E-state index in [9.17, 15) is 14.8 Å². The smallest absolute Gasteiger partial charge is 0.427 e. The second-order valence-electron chi connectivity index (χ2n) is 9.54. The molecule has 2 atom stereocenters. The average Bonchev–Trinajstić information content (AvgIpc) is 2.86. The van der Waals surface area contributed by atoms with Gasteiger partial charge in [0.2, 0.25) is 0 Å². The molecule has 2 aliphatic rings. The van der Waals surface area contributed by atoms with Gasteiger partial charge in [0.05, 0.1) is 0 Å². The Labute approximate surface area is 197 Å². The summed E-state index contributed by atoms with van der Waals surface area (Å²) >= 11 is 0. The third-order valence-electron chi connectivity index (χ3n) is 7.41. The normalized spacial score (nSPS) is 20.8. The molecule has 0 aromatic heterocycles. The first-order chi connectivity index (χ1) is 16.0. The van der Waals surface area contributed by atoms with Crippen molar-refractivity contribution in [1.82, 2.24) is 4.90 Å². The molecule has 6 nitrogen and oxygen atoms in total. The molecule has 1 amide bonds. The van der Waals surface area contributed by atoms with Gasteiger partial charge >= 0.3 is 7.12 Å². The molecule has 0 bridgehead atoms. The van der Waals surface area contributed by atoms with Crippen molar-refractivity contribution in [2.24, 2.45) is 11.7 Å². The van der Waals surface area contributed by atoms with Gasteiger partial charge in [-0.25, -0.2) is 0 Å². The molecular weight excluding hydrogens is 413 g/mol. The summed E-state index contributed by atoms with van der Waals surface area (Å²) in [5, 5.41) is 23.8. The van der Waals surface area contributed by atoms with Gasteiger partial charge in [-0.15, -0.1) is 0 Å². The molecule has 176 valence electrons. The van der Waals surface area contributed by atoms with E-state index in [1.165, 1.54) is 5.56 Å². The van der Waals surface area contributed by atoms with E-state index in [1.807, 2.05) is 23.1 Å². The lowest BCUT2D eigenvalue weighted by Crippen LogP contribution is -2.39. The van der Waals surface area contributed by atoms with E-state index in [1.54, 1.807) is 0 Å². The minimum absolute atomic E-state index is 0.0221. The molecule has 2 unspecified atom stereocenters. The standard InChI is InChI=1S/C26H36BN3O3/c1-2-3-6-22-17-29-24-9-8-21(15-23(24)25(22)27(32)33)26(31)30-12-10-19(11-13-30)20-7-4-5-18(14-20)16-28/h4-5,7-9,14-15,19,22,25,29,32-33H,2-3,6,10-13,16-17,28H2,1H3. The van der Waals surface area contributed by atoms with Crippen molar-refractivity contribution in [1.29, 1.82) is 0 Å². The number of hydrogen-bond donors (Lipinski definition) is 4. The van der Waals surface area contributed by atoms with Gasteiger partial charge in [0.1, 0.15) is 0 Å². The number of anilines is 1. The van der Waals surface area contributed by atoms with Crippen LogP contribution >= 0.6 is 0 Å². The van der Waals surface area contributed by atoms with Crippen molar-refractivity contribution in [2.45, 2.75) is 57.3 Å². The molecule has 2 aromatic carbocycles. The number of nitrogens with zero attached hydrogens (tertiary/aromatic N) is 1. The highest BCUT2D eigenvalue weighted by atomic mass is 16.4. The number of amides is 1. The van der Waals surface area contributed by atoms with E-state index in [-0.39, 0.29) is 17.6 Å². The van der Waals surface area contributed by atoms with Crippen LogP contribution in [0.4, 0.5) is 5.69 Å². The monoisotopic (exact) mass is 449 g/mol. The zero-order valence-electron chi connectivity index (χ0n) is 19.5. The number of carbonyl (C=O) groups excluding carboxylic acids is 1. The molecule has 1 fully saturated rings. The summed E-state index contributed by atoms with van der Waals surface area (Å²) in [6.07, 6.45) is 4.92. The van der Waals surface area contributed by atoms with Crippen LogP contribution in [0.15, 0.2) is 42.5 Å². The van der Waals surface area contributed by atoms with Gasteiger partial charge in [-0.1, -0.05) is 44.0 Å². The van der Waals surface area contributed by atoms with Gasteiger partial charge in [0.25, 0.3) is 5.91 Å². The van der Waals surface area contributed by atoms with Crippen LogP contribution < -0.4 is 11.1 Å². The van der Waals surface area contributed by atoms with Crippen LogP contribution in [0.5, 0.6) is 0 Å². The molecule has 7 heteroatoms. The van der Waals surface area contributed by atoms with Crippen molar-refractivity contribution in [3.63, 3.8) is 0 Å². The Morgan fingerprint density at radius 2 is 1.97 bits per heavy atom. The molecule has 0 radical (unpaired) electrons. The Hall–Kier alpha value is -2.35. The second kappa shape index (κ2) is 10.7. The number of carbonyl (C=O) groups is 1. The molecular formula is C26H36BN3O3. The van der Waals surface area contributed by atoms with Crippen LogP contribution in [-0.2, 0) is 6.54 Å².